The quantitative estimate of drug-likeness (QED) is 0.146. The van der Waals surface area contributed by atoms with E-state index in [1.54, 1.807) is 0 Å². The van der Waals surface area contributed by atoms with E-state index in [-0.39, 0.29) is 6.61 Å². The number of phosphoric acid groups is 1. The second-order valence-corrected chi connectivity index (χ2v) is 10.4. The standard InChI is InChI=1S/C19H42N.C4H11O4P/c1-5-6-7-8-9-10-11-12-13-14-15-16-17-18-19-20(2,3)4;1-2-3-4-8-9(5,6)7/h5-19H2,1-4H3;2-4H2,1H3,(H2,5,6,7)/q+1;/p-2. The average Bonchev–Trinajstić information content (AvgIpc) is 2.61. The van der Waals surface area contributed by atoms with E-state index in [2.05, 4.69) is 32.6 Å². The molecule has 0 aliphatic heterocycles. The third-order valence-corrected chi connectivity index (χ3v) is 5.43. The molecule has 0 bridgehead atoms. The minimum absolute atomic E-state index is 0.0147. The van der Waals surface area contributed by atoms with Gasteiger partial charge < -0.3 is 23.4 Å². The number of rotatable bonds is 19. The molecule has 0 atom stereocenters. The van der Waals surface area contributed by atoms with Crippen LogP contribution in [0.5, 0.6) is 0 Å². The lowest BCUT2D eigenvalue weighted by molar-refractivity contribution is -0.870. The normalized spacial score (nSPS) is 12.0. The molecule has 0 aromatic heterocycles. The van der Waals surface area contributed by atoms with E-state index in [9.17, 15) is 14.4 Å². The van der Waals surface area contributed by atoms with E-state index in [0.29, 0.717) is 6.42 Å². The van der Waals surface area contributed by atoms with Crippen LogP contribution in [0.1, 0.15) is 117 Å². The van der Waals surface area contributed by atoms with Crippen molar-refractivity contribution < 1.29 is 23.4 Å². The smallest absolute Gasteiger partial charge is 0.0780 e. The first kappa shape index (κ1) is 31.3. The minimum atomic E-state index is -4.70. The van der Waals surface area contributed by atoms with Gasteiger partial charge in [-0.25, -0.2) is 0 Å². The molecular weight excluding hydrogens is 385 g/mol. The van der Waals surface area contributed by atoms with E-state index < -0.39 is 7.82 Å². The fraction of sp³-hybridized carbons (Fsp3) is 1.00. The van der Waals surface area contributed by atoms with E-state index in [1.807, 2.05) is 6.92 Å². The van der Waals surface area contributed by atoms with Crippen LogP contribution in [0, 0.1) is 0 Å². The van der Waals surface area contributed by atoms with Crippen LogP contribution in [0.4, 0.5) is 0 Å². The number of hydrogen-bond donors (Lipinski definition) is 0. The molecule has 0 saturated carbocycles. The highest BCUT2D eigenvalue weighted by atomic mass is 31.2. The Balaban J connectivity index is 0. The Bertz CT molecular complexity index is 366. The molecule has 6 heteroatoms. The minimum Gasteiger partial charge on any atom is -0.790 e. The zero-order chi connectivity index (χ0) is 22.4. The lowest BCUT2D eigenvalue weighted by Crippen LogP contribution is -2.35. The van der Waals surface area contributed by atoms with Gasteiger partial charge in [-0.3, -0.25) is 0 Å². The lowest BCUT2D eigenvalue weighted by Gasteiger charge is -2.28. The third-order valence-electron chi connectivity index (χ3n) is 4.93. The van der Waals surface area contributed by atoms with E-state index in [0.717, 1.165) is 10.9 Å². The number of quaternary nitrogens is 1. The third kappa shape index (κ3) is 35.8. The molecule has 29 heavy (non-hydrogen) atoms. The number of unbranched alkanes of at least 4 members (excludes halogenated alkanes) is 14. The molecule has 0 heterocycles. The molecule has 0 spiro atoms. The van der Waals surface area contributed by atoms with E-state index in [1.165, 1.54) is 96.4 Å². The summed E-state index contributed by atoms with van der Waals surface area (Å²) in [5.41, 5.74) is 0. The molecule has 0 saturated heterocycles. The van der Waals surface area contributed by atoms with Gasteiger partial charge >= 0.3 is 0 Å². The molecular formula is C23H51NO4P-. The van der Waals surface area contributed by atoms with Crippen LogP contribution in [-0.2, 0) is 9.09 Å². The Labute approximate surface area is 182 Å². The van der Waals surface area contributed by atoms with Crippen molar-refractivity contribution in [3.05, 3.63) is 0 Å². The Morgan fingerprint density at radius 2 is 0.966 bits per heavy atom. The molecule has 0 aliphatic rings. The number of hydrogen-bond acceptors (Lipinski definition) is 4. The topological polar surface area (TPSA) is 72.4 Å². The van der Waals surface area contributed by atoms with Crippen molar-refractivity contribution in [1.82, 2.24) is 0 Å². The molecule has 178 valence electrons. The zero-order valence-corrected chi connectivity index (χ0v) is 21.1. The molecule has 0 rings (SSSR count). The molecule has 0 unspecified atom stereocenters. The van der Waals surface area contributed by atoms with Gasteiger partial charge in [0.25, 0.3) is 0 Å². The van der Waals surface area contributed by atoms with Crippen molar-refractivity contribution in [3.63, 3.8) is 0 Å². The molecule has 0 N–H and O–H groups in total. The summed E-state index contributed by atoms with van der Waals surface area (Å²) in [5, 5.41) is 0. The van der Waals surface area contributed by atoms with Gasteiger partial charge in [0, 0.05) is 0 Å². The van der Waals surface area contributed by atoms with Crippen molar-refractivity contribution in [3.8, 4) is 0 Å². The zero-order valence-electron chi connectivity index (χ0n) is 20.3. The van der Waals surface area contributed by atoms with Crippen LogP contribution in [0.15, 0.2) is 0 Å². The first-order chi connectivity index (χ1) is 13.6. The van der Waals surface area contributed by atoms with Gasteiger partial charge in [-0.15, -0.1) is 0 Å². The predicted octanol–water partition coefficient (Wildman–Crippen LogP) is 5.81. The van der Waals surface area contributed by atoms with Crippen molar-refractivity contribution in [2.24, 2.45) is 0 Å². The lowest BCUT2D eigenvalue weighted by atomic mass is 10.0. The van der Waals surface area contributed by atoms with Crippen LogP contribution < -0.4 is 9.79 Å². The monoisotopic (exact) mass is 436 g/mol. The Morgan fingerprint density at radius 1 is 0.621 bits per heavy atom. The number of nitrogens with zero attached hydrogens (tertiary/aromatic N) is 1. The van der Waals surface area contributed by atoms with Gasteiger partial charge in [-0.2, -0.15) is 0 Å². The van der Waals surface area contributed by atoms with Crippen LogP contribution in [-0.4, -0.2) is 38.8 Å². The summed E-state index contributed by atoms with van der Waals surface area (Å²) < 4.78 is 14.8. The molecule has 0 amide bonds. The van der Waals surface area contributed by atoms with Crippen molar-refractivity contribution in [2.75, 3.05) is 34.3 Å². The summed E-state index contributed by atoms with van der Waals surface area (Å²) in [5.74, 6) is 0. The first-order valence-electron chi connectivity index (χ1n) is 12.1. The van der Waals surface area contributed by atoms with Crippen LogP contribution in [0.2, 0.25) is 0 Å². The van der Waals surface area contributed by atoms with Crippen molar-refractivity contribution in [2.45, 2.75) is 117 Å². The summed E-state index contributed by atoms with van der Waals surface area (Å²) in [6.45, 7) is 5.52. The average molecular weight is 437 g/mol. The van der Waals surface area contributed by atoms with Gasteiger partial charge in [0.05, 0.1) is 42.1 Å². The largest absolute Gasteiger partial charge is 0.790 e. The predicted molar refractivity (Wildman–Crippen MR) is 122 cm³/mol. The van der Waals surface area contributed by atoms with Gasteiger partial charge in [0.2, 0.25) is 0 Å². The fourth-order valence-electron chi connectivity index (χ4n) is 3.10. The highest BCUT2D eigenvalue weighted by Gasteiger charge is 2.04. The molecule has 5 nitrogen and oxygen atoms in total. The maximum Gasteiger partial charge on any atom is 0.0780 e. The molecule has 0 aromatic carbocycles. The van der Waals surface area contributed by atoms with E-state index >= 15 is 0 Å². The highest BCUT2D eigenvalue weighted by molar-refractivity contribution is 7.43. The summed E-state index contributed by atoms with van der Waals surface area (Å²) in [4.78, 5) is 19.5. The van der Waals surface area contributed by atoms with E-state index in [4.69, 9.17) is 0 Å². The van der Waals surface area contributed by atoms with Crippen LogP contribution in [0.3, 0.4) is 0 Å². The second kappa shape index (κ2) is 21.3. The van der Waals surface area contributed by atoms with Crippen LogP contribution >= 0.6 is 7.82 Å². The highest BCUT2D eigenvalue weighted by Crippen LogP contribution is 2.24. The molecule has 0 fully saturated rings. The molecule has 0 aromatic rings. The van der Waals surface area contributed by atoms with Gasteiger partial charge in [-0.05, 0) is 19.3 Å². The first-order valence-corrected chi connectivity index (χ1v) is 13.6. The summed E-state index contributed by atoms with van der Waals surface area (Å²) >= 11 is 0. The van der Waals surface area contributed by atoms with Crippen molar-refractivity contribution >= 4 is 7.82 Å². The van der Waals surface area contributed by atoms with Gasteiger partial charge in [-0.1, -0.05) is 97.3 Å². The van der Waals surface area contributed by atoms with Gasteiger partial charge in [0.15, 0.2) is 0 Å². The summed E-state index contributed by atoms with van der Waals surface area (Å²) in [7, 11) is 2.19. The fourth-order valence-corrected chi connectivity index (χ4v) is 3.45. The maximum absolute atomic E-state index is 9.76. The maximum atomic E-state index is 9.76. The Morgan fingerprint density at radius 3 is 1.28 bits per heavy atom. The van der Waals surface area contributed by atoms with Crippen molar-refractivity contribution in [1.29, 1.82) is 0 Å². The number of phosphoric ester groups is 1. The molecule has 0 aliphatic carbocycles. The second-order valence-electron chi connectivity index (χ2n) is 9.24. The summed E-state index contributed by atoms with van der Waals surface area (Å²) in [6.07, 6.45) is 21.8. The Kier molecular flexibility index (Phi) is 23.0. The summed E-state index contributed by atoms with van der Waals surface area (Å²) in [6, 6.07) is 0. The SMILES string of the molecule is CCCCCCCCCCCCCCCC[N+](C)(C)C.CCCCOP(=O)([O-])[O-]. The van der Waals surface area contributed by atoms with Gasteiger partial charge in [0.1, 0.15) is 0 Å². The Hall–Kier alpha value is 0.0700. The van der Waals surface area contributed by atoms with Crippen LogP contribution in [0.25, 0.3) is 0 Å². The molecule has 0 radical (unpaired) electrons.